The highest BCUT2D eigenvalue weighted by Crippen LogP contribution is 2.40. The van der Waals surface area contributed by atoms with E-state index in [2.05, 4.69) is 12.2 Å². The van der Waals surface area contributed by atoms with Gasteiger partial charge in [0.2, 0.25) is 11.8 Å². The minimum absolute atomic E-state index is 0.0249. The van der Waals surface area contributed by atoms with Gasteiger partial charge in [0.25, 0.3) is 0 Å². The molecule has 2 amide bonds. The smallest absolute Gasteiger partial charge is 0.226 e. The molecule has 1 N–H and O–H groups in total. The zero-order valence-electron chi connectivity index (χ0n) is 15.2. The van der Waals surface area contributed by atoms with E-state index in [0.29, 0.717) is 18.9 Å². The maximum Gasteiger partial charge on any atom is 0.226 e. The van der Waals surface area contributed by atoms with Gasteiger partial charge in [-0.05, 0) is 49.3 Å². The van der Waals surface area contributed by atoms with Crippen molar-refractivity contribution in [3.05, 3.63) is 29.8 Å². The Balaban J connectivity index is 1.40. The summed E-state index contributed by atoms with van der Waals surface area (Å²) in [6.45, 7) is 4.49. The van der Waals surface area contributed by atoms with Crippen LogP contribution >= 0.6 is 0 Å². The average molecular weight is 344 g/mol. The number of hydrogen-bond acceptors (Lipinski definition) is 3. The fraction of sp³-hybridized carbons (Fsp3) is 0.600. The molecule has 3 rings (SSSR count). The second-order valence-corrected chi connectivity index (χ2v) is 7.37. The van der Waals surface area contributed by atoms with Gasteiger partial charge in [0.1, 0.15) is 5.75 Å². The molecular formula is C20H28N2O3. The summed E-state index contributed by atoms with van der Waals surface area (Å²) in [5, 5.41) is 2.98. The molecule has 5 heteroatoms. The van der Waals surface area contributed by atoms with Crippen LogP contribution in [0.4, 0.5) is 0 Å². The summed E-state index contributed by atoms with van der Waals surface area (Å²) in [6.07, 6.45) is 3.77. The van der Waals surface area contributed by atoms with E-state index >= 15 is 0 Å². The summed E-state index contributed by atoms with van der Waals surface area (Å²) in [5.74, 6) is 1.40. The number of carbonyl (C=O) groups is 2. The topological polar surface area (TPSA) is 58.6 Å². The number of benzene rings is 1. The summed E-state index contributed by atoms with van der Waals surface area (Å²) in [5.41, 5.74) is 1.16. The van der Waals surface area contributed by atoms with Crippen LogP contribution in [0.2, 0.25) is 0 Å². The van der Waals surface area contributed by atoms with Crippen LogP contribution in [0.25, 0.3) is 0 Å². The van der Waals surface area contributed by atoms with E-state index in [9.17, 15) is 9.59 Å². The maximum absolute atomic E-state index is 12.5. The monoisotopic (exact) mass is 344 g/mol. The molecule has 1 aliphatic carbocycles. The van der Waals surface area contributed by atoms with Crippen molar-refractivity contribution in [2.45, 2.75) is 32.6 Å². The molecule has 2 aliphatic rings. The second kappa shape index (κ2) is 7.89. The summed E-state index contributed by atoms with van der Waals surface area (Å²) in [4.78, 5) is 26.7. The van der Waals surface area contributed by atoms with Gasteiger partial charge in [0.15, 0.2) is 0 Å². The fourth-order valence-electron chi connectivity index (χ4n) is 3.64. The number of likely N-dealkylation sites (tertiary alicyclic amines) is 1. The van der Waals surface area contributed by atoms with Crippen molar-refractivity contribution >= 4 is 11.8 Å². The molecule has 0 radical (unpaired) electrons. The van der Waals surface area contributed by atoms with Crippen molar-refractivity contribution in [3.63, 3.8) is 0 Å². The Bertz CT molecular complexity index is 614. The molecule has 1 saturated carbocycles. The van der Waals surface area contributed by atoms with Crippen molar-refractivity contribution in [1.29, 1.82) is 0 Å². The second-order valence-electron chi connectivity index (χ2n) is 7.37. The predicted octanol–water partition coefficient (Wildman–Crippen LogP) is 2.25. The van der Waals surface area contributed by atoms with E-state index in [-0.39, 0.29) is 23.7 Å². The first-order valence-electron chi connectivity index (χ1n) is 9.28. The van der Waals surface area contributed by atoms with Crippen molar-refractivity contribution in [1.82, 2.24) is 10.2 Å². The Labute approximate surface area is 149 Å². The van der Waals surface area contributed by atoms with Crippen LogP contribution in [0.5, 0.6) is 5.75 Å². The highest BCUT2D eigenvalue weighted by molar-refractivity contribution is 5.92. The quantitative estimate of drug-likeness (QED) is 0.861. The van der Waals surface area contributed by atoms with Crippen LogP contribution in [0.15, 0.2) is 24.3 Å². The SMILES string of the molecule is COc1ccc(CCNC(=O)C2CC2C(=O)N2CCCC(C)C2)cc1. The average Bonchev–Trinajstić information content (AvgIpc) is 3.42. The normalized spacial score (nSPS) is 25.4. The summed E-state index contributed by atoms with van der Waals surface area (Å²) < 4.78 is 5.14. The number of nitrogens with one attached hydrogen (secondary N) is 1. The van der Waals surface area contributed by atoms with E-state index in [0.717, 1.165) is 37.2 Å². The lowest BCUT2D eigenvalue weighted by molar-refractivity contribution is -0.136. The van der Waals surface area contributed by atoms with Crippen molar-refractivity contribution < 1.29 is 14.3 Å². The van der Waals surface area contributed by atoms with Gasteiger partial charge in [0.05, 0.1) is 18.9 Å². The molecule has 3 atom stereocenters. The molecule has 2 fully saturated rings. The van der Waals surface area contributed by atoms with Crippen LogP contribution in [0.3, 0.4) is 0 Å². The minimum atomic E-state index is -0.124. The Morgan fingerprint density at radius 3 is 2.68 bits per heavy atom. The zero-order chi connectivity index (χ0) is 17.8. The molecule has 1 heterocycles. The van der Waals surface area contributed by atoms with Crippen LogP contribution < -0.4 is 10.1 Å². The Kier molecular flexibility index (Phi) is 5.61. The van der Waals surface area contributed by atoms with Gasteiger partial charge in [-0.3, -0.25) is 9.59 Å². The first kappa shape index (κ1) is 17.8. The number of ether oxygens (including phenoxy) is 1. The van der Waals surface area contributed by atoms with E-state index in [1.165, 1.54) is 6.42 Å². The van der Waals surface area contributed by atoms with Crippen LogP contribution in [-0.2, 0) is 16.0 Å². The first-order valence-corrected chi connectivity index (χ1v) is 9.28. The molecule has 3 unspecified atom stereocenters. The predicted molar refractivity (Wildman–Crippen MR) is 96.3 cm³/mol. The molecule has 5 nitrogen and oxygen atoms in total. The fourth-order valence-corrected chi connectivity index (χ4v) is 3.64. The molecular weight excluding hydrogens is 316 g/mol. The highest BCUT2D eigenvalue weighted by atomic mass is 16.5. The summed E-state index contributed by atoms with van der Waals surface area (Å²) in [7, 11) is 1.65. The minimum Gasteiger partial charge on any atom is -0.497 e. The molecule has 1 aromatic carbocycles. The van der Waals surface area contributed by atoms with Gasteiger partial charge in [-0.2, -0.15) is 0 Å². The zero-order valence-corrected chi connectivity index (χ0v) is 15.2. The number of carbonyl (C=O) groups excluding carboxylic acids is 2. The molecule has 0 aromatic heterocycles. The lowest BCUT2D eigenvalue weighted by Gasteiger charge is -2.31. The van der Waals surface area contributed by atoms with Crippen molar-refractivity contribution in [2.75, 3.05) is 26.7 Å². The number of hydrogen-bond donors (Lipinski definition) is 1. The Hall–Kier alpha value is -2.04. The van der Waals surface area contributed by atoms with Crippen LogP contribution in [0, 0.1) is 17.8 Å². The molecule has 0 bridgehead atoms. The third-order valence-corrected chi connectivity index (χ3v) is 5.29. The van der Waals surface area contributed by atoms with Crippen LogP contribution in [0.1, 0.15) is 31.7 Å². The van der Waals surface area contributed by atoms with E-state index in [1.54, 1.807) is 7.11 Å². The Morgan fingerprint density at radius 1 is 1.24 bits per heavy atom. The molecule has 1 saturated heterocycles. The highest BCUT2D eigenvalue weighted by Gasteiger charge is 2.49. The number of piperidine rings is 1. The number of nitrogens with zero attached hydrogens (tertiary/aromatic N) is 1. The standard InChI is InChI=1S/C20H28N2O3/c1-14-4-3-11-22(13-14)20(24)18-12-17(18)19(23)21-10-9-15-5-7-16(25-2)8-6-15/h5-8,14,17-18H,3-4,9-13H2,1-2H3,(H,21,23). The van der Waals surface area contributed by atoms with Gasteiger partial charge >= 0.3 is 0 Å². The van der Waals surface area contributed by atoms with Gasteiger partial charge in [-0.1, -0.05) is 19.1 Å². The maximum atomic E-state index is 12.5. The van der Waals surface area contributed by atoms with Gasteiger partial charge in [-0.15, -0.1) is 0 Å². The van der Waals surface area contributed by atoms with Gasteiger partial charge < -0.3 is 15.0 Å². The summed E-state index contributed by atoms with van der Waals surface area (Å²) >= 11 is 0. The largest absolute Gasteiger partial charge is 0.497 e. The lowest BCUT2D eigenvalue weighted by Crippen LogP contribution is -2.41. The van der Waals surface area contributed by atoms with Crippen molar-refractivity contribution in [2.24, 2.45) is 17.8 Å². The van der Waals surface area contributed by atoms with Crippen molar-refractivity contribution in [3.8, 4) is 5.75 Å². The van der Waals surface area contributed by atoms with E-state index < -0.39 is 0 Å². The molecule has 0 spiro atoms. The summed E-state index contributed by atoms with van der Waals surface area (Å²) in [6, 6.07) is 7.86. The molecule has 25 heavy (non-hydrogen) atoms. The van der Waals surface area contributed by atoms with Gasteiger partial charge in [0, 0.05) is 19.6 Å². The number of rotatable bonds is 6. The molecule has 1 aromatic rings. The van der Waals surface area contributed by atoms with E-state index in [4.69, 9.17) is 4.74 Å². The first-order chi connectivity index (χ1) is 12.1. The Morgan fingerprint density at radius 2 is 2.00 bits per heavy atom. The third kappa shape index (κ3) is 4.53. The van der Waals surface area contributed by atoms with Gasteiger partial charge in [-0.25, -0.2) is 0 Å². The lowest BCUT2D eigenvalue weighted by atomic mass is 10.00. The van der Waals surface area contributed by atoms with Crippen LogP contribution in [-0.4, -0.2) is 43.5 Å². The number of amides is 2. The number of methoxy groups -OCH3 is 1. The molecule has 136 valence electrons. The van der Waals surface area contributed by atoms with E-state index in [1.807, 2.05) is 29.2 Å². The molecule has 1 aliphatic heterocycles. The third-order valence-electron chi connectivity index (χ3n) is 5.29.